The lowest BCUT2D eigenvalue weighted by molar-refractivity contribution is 0.485. The molecule has 5 rings (SSSR count). The monoisotopic (exact) mass is 419 g/mol. The maximum Gasteiger partial charge on any atom is 0.344 e. The molecule has 0 bridgehead atoms. The molecule has 3 aromatic heterocycles. The van der Waals surface area contributed by atoms with Crippen molar-refractivity contribution in [3.63, 3.8) is 0 Å². The summed E-state index contributed by atoms with van der Waals surface area (Å²) in [4.78, 5) is 24.1. The molecule has 7 heteroatoms. The minimum absolute atomic E-state index is 0.342. The smallest absolute Gasteiger partial charge is 0.344 e. The number of rotatable bonds is 2. The molecular formula is C24H29N5O2. The van der Waals surface area contributed by atoms with Gasteiger partial charge in [-0.2, -0.15) is 0 Å². The van der Waals surface area contributed by atoms with Crippen LogP contribution in [0.3, 0.4) is 0 Å². The Morgan fingerprint density at radius 2 is 1.94 bits per heavy atom. The summed E-state index contributed by atoms with van der Waals surface area (Å²) in [6.45, 7) is 12.8. The first-order chi connectivity index (χ1) is 15.0. The predicted octanol–water partition coefficient (Wildman–Crippen LogP) is 3.94. The average Bonchev–Trinajstić information content (AvgIpc) is 3.19. The van der Waals surface area contributed by atoms with Gasteiger partial charge in [0.25, 0.3) is 0 Å². The highest BCUT2D eigenvalue weighted by Gasteiger charge is 2.18. The molecule has 0 radical (unpaired) electrons. The van der Waals surface area contributed by atoms with Crippen LogP contribution in [0, 0.1) is 13.8 Å². The first kappa shape index (κ1) is 21.1. The Morgan fingerprint density at radius 3 is 2.71 bits per heavy atom. The predicted molar refractivity (Wildman–Crippen MR) is 125 cm³/mol. The molecule has 4 aromatic rings. The van der Waals surface area contributed by atoms with E-state index in [-0.39, 0.29) is 5.63 Å². The van der Waals surface area contributed by atoms with Crippen LogP contribution < -0.4 is 15.8 Å². The van der Waals surface area contributed by atoms with Gasteiger partial charge in [-0.1, -0.05) is 19.9 Å². The van der Waals surface area contributed by atoms with Crippen LogP contribution in [0.2, 0.25) is 0 Å². The van der Waals surface area contributed by atoms with E-state index in [2.05, 4.69) is 33.2 Å². The Hall–Kier alpha value is -3.19. The third-order valence-corrected chi connectivity index (χ3v) is 5.46. The lowest BCUT2D eigenvalue weighted by Crippen LogP contribution is -2.49. The Balaban J connectivity index is 0.00000112. The minimum atomic E-state index is -0.342. The molecule has 4 heterocycles. The van der Waals surface area contributed by atoms with E-state index in [9.17, 15) is 4.79 Å². The molecule has 1 atom stereocenters. The van der Waals surface area contributed by atoms with Crippen molar-refractivity contribution in [1.82, 2.24) is 19.7 Å². The molecule has 1 N–H and O–H groups in total. The molecule has 0 saturated carbocycles. The van der Waals surface area contributed by atoms with Crippen molar-refractivity contribution < 1.29 is 4.42 Å². The lowest BCUT2D eigenvalue weighted by atomic mass is 10.1. The second-order valence-electron chi connectivity index (χ2n) is 7.80. The van der Waals surface area contributed by atoms with Crippen LogP contribution >= 0.6 is 0 Å². The van der Waals surface area contributed by atoms with Crippen molar-refractivity contribution in [2.45, 2.75) is 40.7 Å². The molecular weight excluding hydrogens is 390 g/mol. The summed E-state index contributed by atoms with van der Waals surface area (Å²) in [6, 6.07) is 8.31. The van der Waals surface area contributed by atoms with Crippen LogP contribution in [0.5, 0.6) is 0 Å². The van der Waals surface area contributed by atoms with Crippen molar-refractivity contribution in [2.75, 3.05) is 24.5 Å². The molecule has 1 fully saturated rings. The second kappa shape index (κ2) is 8.51. The van der Waals surface area contributed by atoms with Crippen LogP contribution in [-0.4, -0.2) is 40.0 Å². The largest absolute Gasteiger partial charge is 0.421 e. The summed E-state index contributed by atoms with van der Waals surface area (Å²) in [5.41, 5.74) is 3.85. The van der Waals surface area contributed by atoms with Crippen LogP contribution in [0.25, 0.3) is 27.9 Å². The molecule has 31 heavy (non-hydrogen) atoms. The molecule has 1 saturated heterocycles. The summed E-state index contributed by atoms with van der Waals surface area (Å²) >= 11 is 0. The number of fused-ring (bicyclic) bond motifs is 2. The molecule has 1 unspecified atom stereocenters. The van der Waals surface area contributed by atoms with Gasteiger partial charge in [0.2, 0.25) is 0 Å². The summed E-state index contributed by atoms with van der Waals surface area (Å²) in [5.74, 6) is 0.465. The fourth-order valence-corrected chi connectivity index (χ4v) is 4.09. The van der Waals surface area contributed by atoms with E-state index in [1.807, 2.05) is 62.7 Å². The van der Waals surface area contributed by atoms with Gasteiger partial charge in [0, 0.05) is 43.8 Å². The zero-order valence-electron chi connectivity index (χ0n) is 18.8. The van der Waals surface area contributed by atoms with Gasteiger partial charge in [-0.25, -0.2) is 9.78 Å². The first-order valence-corrected chi connectivity index (χ1v) is 10.9. The number of hydrogen-bond acceptors (Lipinski definition) is 6. The molecule has 162 valence electrons. The van der Waals surface area contributed by atoms with Crippen LogP contribution in [-0.2, 0) is 0 Å². The SMILES string of the molecule is CC.Cc1cn2cc(-c3cc4ccc(N5CCNC(C)C5)cc4c(=O)o3)nc2c(C)n1. The summed E-state index contributed by atoms with van der Waals surface area (Å²) in [6.07, 6.45) is 3.79. The quantitative estimate of drug-likeness (QED) is 0.530. The molecule has 0 spiro atoms. The Kier molecular flexibility index (Phi) is 5.78. The van der Waals surface area contributed by atoms with E-state index >= 15 is 0 Å². The topological polar surface area (TPSA) is 75.7 Å². The summed E-state index contributed by atoms with van der Waals surface area (Å²) in [7, 11) is 0. The van der Waals surface area contributed by atoms with E-state index in [1.54, 1.807) is 0 Å². The molecule has 1 aliphatic rings. The van der Waals surface area contributed by atoms with Crippen molar-refractivity contribution in [2.24, 2.45) is 0 Å². The van der Waals surface area contributed by atoms with Crippen LogP contribution in [0.4, 0.5) is 5.69 Å². The summed E-state index contributed by atoms with van der Waals surface area (Å²) < 4.78 is 7.58. The number of hydrogen-bond donors (Lipinski definition) is 1. The minimum Gasteiger partial charge on any atom is -0.421 e. The number of piperazine rings is 1. The third kappa shape index (κ3) is 4.05. The van der Waals surface area contributed by atoms with E-state index in [0.29, 0.717) is 22.9 Å². The fraction of sp³-hybridized carbons (Fsp3) is 0.375. The highest BCUT2D eigenvalue weighted by Crippen LogP contribution is 2.26. The highest BCUT2D eigenvalue weighted by molar-refractivity contribution is 5.87. The second-order valence-corrected chi connectivity index (χ2v) is 7.80. The maximum absolute atomic E-state index is 12.8. The van der Waals surface area contributed by atoms with Gasteiger partial charge in [-0.3, -0.25) is 4.98 Å². The average molecular weight is 420 g/mol. The Morgan fingerprint density at radius 1 is 1.13 bits per heavy atom. The maximum atomic E-state index is 12.8. The highest BCUT2D eigenvalue weighted by atomic mass is 16.4. The van der Waals surface area contributed by atoms with Crippen molar-refractivity contribution in [3.8, 4) is 11.5 Å². The van der Waals surface area contributed by atoms with Gasteiger partial charge in [-0.15, -0.1) is 0 Å². The van der Waals surface area contributed by atoms with Gasteiger partial charge >= 0.3 is 5.63 Å². The molecule has 0 amide bonds. The Labute approximate surface area is 181 Å². The number of nitrogens with zero attached hydrogens (tertiary/aromatic N) is 4. The van der Waals surface area contributed by atoms with E-state index in [1.165, 1.54) is 0 Å². The van der Waals surface area contributed by atoms with Gasteiger partial charge in [0.05, 0.1) is 16.8 Å². The van der Waals surface area contributed by atoms with Gasteiger partial charge in [0.15, 0.2) is 11.4 Å². The van der Waals surface area contributed by atoms with E-state index in [0.717, 1.165) is 47.7 Å². The van der Waals surface area contributed by atoms with E-state index < -0.39 is 0 Å². The zero-order valence-corrected chi connectivity index (χ0v) is 18.8. The molecule has 1 aliphatic heterocycles. The van der Waals surface area contributed by atoms with Crippen LogP contribution in [0.15, 0.2) is 45.9 Å². The van der Waals surface area contributed by atoms with Crippen molar-refractivity contribution in [3.05, 3.63) is 58.5 Å². The third-order valence-electron chi connectivity index (χ3n) is 5.46. The zero-order chi connectivity index (χ0) is 22.1. The van der Waals surface area contributed by atoms with Crippen LogP contribution in [0.1, 0.15) is 32.2 Å². The van der Waals surface area contributed by atoms with Crippen molar-refractivity contribution >= 4 is 22.1 Å². The number of anilines is 1. The normalized spacial score (nSPS) is 16.4. The van der Waals surface area contributed by atoms with Gasteiger partial charge in [0.1, 0.15) is 5.69 Å². The Bertz CT molecular complexity index is 1290. The number of imidazole rings is 1. The molecule has 7 nitrogen and oxygen atoms in total. The number of aromatic nitrogens is 3. The first-order valence-electron chi connectivity index (χ1n) is 10.9. The standard InChI is InChI=1S/C22H23N5O2.C2H6/c1-13-10-26(7-6-23-13)17-5-4-16-8-20(29-22(28)18(16)9-17)19-12-27-11-14(2)24-15(3)21(27)25-19;1-2/h4-5,8-9,11-13,23H,6-7,10H2,1-3H3;1-2H3. The van der Waals surface area contributed by atoms with Gasteiger partial charge in [-0.05, 0) is 44.4 Å². The lowest BCUT2D eigenvalue weighted by Gasteiger charge is -2.33. The number of aryl methyl sites for hydroxylation is 2. The molecule has 0 aliphatic carbocycles. The molecule has 1 aromatic carbocycles. The van der Waals surface area contributed by atoms with E-state index in [4.69, 9.17) is 4.42 Å². The summed E-state index contributed by atoms with van der Waals surface area (Å²) in [5, 5.41) is 4.88. The van der Waals surface area contributed by atoms with Crippen molar-refractivity contribution in [1.29, 1.82) is 0 Å². The number of nitrogens with one attached hydrogen (secondary N) is 1. The fourth-order valence-electron chi connectivity index (χ4n) is 4.09. The van der Waals surface area contributed by atoms with Gasteiger partial charge < -0.3 is 19.0 Å². The number of benzene rings is 1.